The molecular formula is C15H9Cl2FN2O. The van der Waals surface area contributed by atoms with Crippen molar-refractivity contribution in [1.29, 1.82) is 0 Å². The van der Waals surface area contributed by atoms with Crippen LogP contribution in [-0.2, 0) is 0 Å². The number of rotatable bonds is 2. The van der Waals surface area contributed by atoms with Gasteiger partial charge in [0.15, 0.2) is 11.6 Å². The standard InChI is InChI=1S/C15H9Cl2FN2O/c16-9-3-6-12(17)11(7-9)14-13(15(19)20-21-14)8-1-4-10(18)5-2-8/h1-7H,(H2,19,20). The van der Waals surface area contributed by atoms with Gasteiger partial charge in [-0.05, 0) is 35.9 Å². The summed E-state index contributed by atoms with van der Waals surface area (Å²) in [4.78, 5) is 0. The van der Waals surface area contributed by atoms with Crippen molar-refractivity contribution in [2.45, 2.75) is 0 Å². The Morgan fingerprint density at radius 2 is 1.76 bits per heavy atom. The minimum Gasteiger partial charge on any atom is -0.380 e. The Morgan fingerprint density at radius 3 is 2.48 bits per heavy atom. The summed E-state index contributed by atoms with van der Waals surface area (Å²) >= 11 is 12.2. The Hall–Kier alpha value is -2.04. The molecule has 3 aromatic rings. The van der Waals surface area contributed by atoms with E-state index in [0.717, 1.165) is 0 Å². The Balaban J connectivity index is 2.21. The van der Waals surface area contributed by atoms with Gasteiger partial charge in [-0.3, -0.25) is 0 Å². The van der Waals surface area contributed by atoms with Gasteiger partial charge in [0.1, 0.15) is 5.82 Å². The number of hydrogen-bond acceptors (Lipinski definition) is 3. The van der Waals surface area contributed by atoms with Crippen LogP contribution in [0.2, 0.25) is 10.0 Å². The molecule has 0 aliphatic rings. The van der Waals surface area contributed by atoms with Crippen molar-refractivity contribution in [1.82, 2.24) is 5.16 Å². The smallest absolute Gasteiger partial charge is 0.178 e. The second-order valence-corrected chi connectivity index (χ2v) is 5.25. The number of hydrogen-bond donors (Lipinski definition) is 1. The highest BCUT2D eigenvalue weighted by molar-refractivity contribution is 6.35. The summed E-state index contributed by atoms with van der Waals surface area (Å²) in [5.74, 6) is 0.260. The van der Waals surface area contributed by atoms with Crippen molar-refractivity contribution in [2.24, 2.45) is 0 Å². The number of nitrogens with two attached hydrogens (primary N) is 1. The molecule has 0 amide bonds. The molecule has 0 saturated carbocycles. The molecule has 6 heteroatoms. The van der Waals surface area contributed by atoms with Crippen LogP contribution in [0.25, 0.3) is 22.5 Å². The fourth-order valence-corrected chi connectivity index (χ4v) is 2.43. The van der Waals surface area contributed by atoms with Crippen LogP contribution in [0.4, 0.5) is 10.2 Å². The second-order valence-electron chi connectivity index (χ2n) is 4.40. The van der Waals surface area contributed by atoms with Gasteiger partial charge in [-0.1, -0.05) is 40.5 Å². The summed E-state index contributed by atoms with van der Waals surface area (Å²) in [5.41, 5.74) is 7.68. The van der Waals surface area contributed by atoms with Gasteiger partial charge < -0.3 is 10.3 Å². The second kappa shape index (κ2) is 5.39. The molecule has 0 aliphatic heterocycles. The maximum absolute atomic E-state index is 13.1. The monoisotopic (exact) mass is 322 g/mol. The van der Waals surface area contributed by atoms with Crippen LogP contribution in [-0.4, -0.2) is 5.16 Å². The van der Waals surface area contributed by atoms with Crippen molar-refractivity contribution >= 4 is 29.0 Å². The first-order valence-electron chi connectivity index (χ1n) is 6.03. The Kier molecular flexibility index (Phi) is 3.57. The van der Waals surface area contributed by atoms with Crippen LogP contribution in [0, 0.1) is 5.82 Å². The Morgan fingerprint density at radius 1 is 1.05 bits per heavy atom. The molecule has 0 fully saturated rings. The molecule has 0 bridgehead atoms. The van der Waals surface area contributed by atoms with Gasteiger partial charge in [-0.15, -0.1) is 0 Å². The lowest BCUT2D eigenvalue weighted by atomic mass is 10.0. The van der Waals surface area contributed by atoms with Gasteiger partial charge in [0, 0.05) is 10.6 Å². The first-order valence-corrected chi connectivity index (χ1v) is 6.78. The molecule has 0 spiro atoms. The van der Waals surface area contributed by atoms with E-state index in [1.165, 1.54) is 12.1 Å². The highest BCUT2D eigenvalue weighted by atomic mass is 35.5. The largest absolute Gasteiger partial charge is 0.380 e. The molecule has 21 heavy (non-hydrogen) atoms. The SMILES string of the molecule is Nc1noc(-c2cc(Cl)ccc2Cl)c1-c1ccc(F)cc1. The maximum atomic E-state index is 13.1. The zero-order valence-corrected chi connectivity index (χ0v) is 12.1. The Labute approximate surface area is 130 Å². The highest BCUT2D eigenvalue weighted by Crippen LogP contribution is 2.40. The summed E-state index contributed by atoms with van der Waals surface area (Å²) in [6.45, 7) is 0. The summed E-state index contributed by atoms with van der Waals surface area (Å²) in [6, 6.07) is 10.9. The van der Waals surface area contributed by atoms with Gasteiger partial charge in [0.05, 0.1) is 10.6 Å². The van der Waals surface area contributed by atoms with E-state index in [4.69, 9.17) is 33.5 Å². The van der Waals surface area contributed by atoms with E-state index in [1.54, 1.807) is 30.3 Å². The molecule has 1 heterocycles. The number of halogens is 3. The average molecular weight is 323 g/mol. The summed E-state index contributed by atoms with van der Waals surface area (Å²) < 4.78 is 18.4. The van der Waals surface area contributed by atoms with Crippen LogP contribution in [0.3, 0.4) is 0 Å². The number of nitrogens with zero attached hydrogens (tertiary/aromatic N) is 1. The van der Waals surface area contributed by atoms with Crippen LogP contribution < -0.4 is 5.73 Å². The lowest BCUT2D eigenvalue weighted by Gasteiger charge is -2.05. The topological polar surface area (TPSA) is 52.0 Å². The van der Waals surface area contributed by atoms with Gasteiger partial charge in [-0.2, -0.15) is 0 Å². The Bertz CT molecular complexity index is 800. The molecule has 0 radical (unpaired) electrons. The van der Waals surface area contributed by atoms with E-state index < -0.39 is 0 Å². The van der Waals surface area contributed by atoms with E-state index >= 15 is 0 Å². The molecule has 2 aromatic carbocycles. The van der Waals surface area contributed by atoms with Gasteiger partial charge in [0.25, 0.3) is 0 Å². The van der Waals surface area contributed by atoms with E-state index in [-0.39, 0.29) is 11.6 Å². The summed E-state index contributed by atoms with van der Waals surface area (Å²) in [7, 11) is 0. The number of anilines is 1. The van der Waals surface area contributed by atoms with Crippen molar-refractivity contribution in [2.75, 3.05) is 5.73 Å². The third kappa shape index (κ3) is 2.60. The summed E-state index contributed by atoms with van der Waals surface area (Å²) in [5, 5.41) is 4.74. The maximum Gasteiger partial charge on any atom is 0.178 e. The molecule has 0 saturated heterocycles. The first kappa shape index (κ1) is 13.9. The van der Waals surface area contributed by atoms with E-state index in [9.17, 15) is 4.39 Å². The normalized spacial score (nSPS) is 10.8. The minimum absolute atomic E-state index is 0.202. The van der Waals surface area contributed by atoms with Crippen LogP contribution in [0.15, 0.2) is 47.0 Å². The predicted molar refractivity (Wildman–Crippen MR) is 81.8 cm³/mol. The average Bonchev–Trinajstić information content (AvgIpc) is 2.84. The molecule has 0 unspecified atom stereocenters. The predicted octanol–water partition coefficient (Wildman–Crippen LogP) is 5.04. The molecule has 0 atom stereocenters. The fourth-order valence-electron chi connectivity index (χ4n) is 2.05. The highest BCUT2D eigenvalue weighted by Gasteiger charge is 2.20. The minimum atomic E-state index is -0.337. The van der Waals surface area contributed by atoms with Crippen LogP contribution >= 0.6 is 23.2 Å². The molecule has 106 valence electrons. The molecule has 3 rings (SSSR count). The van der Waals surface area contributed by atoms with Crippen molar-refractivity contribution in [3.05, 3.63) is 58.3 Å². The third-order valence-electron chi connectivity index (χ3n) is 3.02. The van der Waals surface area contributed by atoms with E-state index in [2.05, 4.69) is 5.16 Å². The number of benzene rings is 2. The molecule has 1 aromatic heterocycles. The zero-order chi connectivity index (χ0) is 15.0. The zero-order valence-electron chi connectivity index (χ0n) is 10.6. The third-order valence-corrected chi connectivity index (χ3v) is 3.59. The van der Waals surface area contributed by atoms with Crippen molar-refractivity contribution in [3.8, 4) is 22.5 Å². The lowest BCUT2D eigenvalue weighted by Crippen LogP contribution is -1.89. The lowest BCUT2D eigenvalue weighted by molar-refractivity contribution is 0.436. The van der Waals surface area contributed by atoms with E-state index in [0.29, 0.717) is 32.5 Å². The van der Waals surface area contributed by atoms with E-state index in [1.807, 2.05) is 0 Å². The fraction of sp³-hybridized carbons (Fsp3) is 0. The first-order chi connectivity index (χ1) is 10.1. The number of aromatic nitrogens is 1. The molecule has 3 nitrogen and oxygen atoms in total. The molecular weight excluding hydrogens is 314 g/mol. The van der Waals surface area contributed by atoms with Crippen molar-refractivity contribution < 1.29 is 8.91 Å². The van der Waals surface area contributed by atoms with Gasteiger partial charge >= 0.3 is 0 Å². The van der Waals surface area contributed by atoms with Crippen LogP contribution in [0.5, 0.6) is 0 Å². The summed E-state index contributed by atoms with van der Waals surface area (Å²) in [6.07, 6.45) is 0. The number of nitrogen functional groups attached to an aromatic ring is 1. The molecule has 2 N–H and O–H groups in total. The van der Waals surface area contributed by atoms with Gasteiger partial charge in [0.2, 0.25) is 0 Å². The van der Waals surface area contributed by atoms with Gasteiger partial charge in [-0.25, -0.2) is 4.39 Å². The quantitative estimate of drug-likeness (QED) is 0.719. The van der Waals surface area contributed by atoms with Crippen LogP contribution in [0.1, 0.15) is 0 Å². The molecule has 0 aliphatic carbocycles. The van der Waals surface area contributed by atoms with Crippen molar-refractivity contribution in [3.63, 3.8) is 0 Å².